The molecule has 2 aromatic carbocycles. The zero-order valence-electron chi connectivity index (χ0n) is 23.3. The van der Waals surface area contributed by atoms with Crippen molar-refractivity contribution in [3.8, 4) is 5.69 Å². The molecule has 9 heteroatoms. The smallest absolute Gasteiger partial charge is 0.240 e. The van der Waals surface area contributed by atoms with Crippen LogP contribution in [0.5, 0.6) is 0 Å². The normalized spacial score (nSPS) is 15.6. The maximum absolute atomic E-state index is 13.8. The molecule has 208 valence electrons. The molecule has 3 heterocycles. The van der Waals surface area contributed by atoms with Gasteiger partial charge in [0.05, 0.1) is 22.4 Å². The van der Waals surface area contributed by atoms with E-state index in [-0.39, 0.29) is 47.1 Å². The van der Waals surface area contributed by atoms with Gasteiger partial charge in [-0.2, -0.15) is 16.4 Å². The maximum atomic E-state index is 13.8. The highest BCUT2D eigenvalue weighted by Crippen LogP contribution is 2.49. The number of carbonyl (C=O) groups excluding carboxylic acids is 2. The van der Waals surface area contributed by atoms with Gasteiger partial charge in [0, 0.05) is 17.5 Å². The van der Waals surface area contributed by atoms with Crippen molar-refractivity contribution in [2.24, 2.45) is 0 Å². The monoisotopic (exact) mass is 576 g/mol. The van der Waals surface area contributed by atoms with Crippen LogP contribution in [0.4, 0.5) is 10.2 Å². The fourth-order valence-corrected chi connectivity index (χ4v) is 6.86. The third-order valence-corrected chi connectivity index (χ3v) is 9.11. The number of nitrogens with zero attached hydrogens (tertiary/aromatic N) is 3. The molecule has 1 N–H and O–H groups in total. The van der Waals surface area contributed by atoms with Crippen LogP contribution in [0.1, 0.15) is 59.5 Å². The van der Waals surface area contributed by atoms with Crippen LogP contribution in [-0.2, 0) is 21.5 Å². The van der Waals surface area contributed by atoms with E-state index in [0.717, 1.165) is 39.2 Å². The summed E-state index contributed by atoms with van der Waals surface area (Å²) in [5.41, 5.74) is 6.52. The highest BCUT2D eigenvalue weighted by atomic mass is 32.2. The summed E-state index contributed by atoms with van der Waals surface area (Å²) >= 11 is 3.20. The first-order valence-electron chi connectivity index (χ1n) is 13.2. The summed E-state index contributed by atoms with van der Waals surface area (Å²) in [7, 11) is 0. The molecular weight excluding hydrogens is 543 g/mol. The molecule has 1 aliphatic heterocycles. The number of anilines is 1. The molecular formula is C31H33FN4O2S2. The number of aromatic nitrogens is 2. The molecule has 1 atom stereocenters. The van der Waals surface area contributed by atoms with Gasteiger partial charge < -0.3 is 5.32 Å². The third kappa shape index (κ3) is 5.58. The predicted octanol–water partition coefficient (Wildman–Crippen LogP) is 6.47. The number of nitrogens with one attached hydrogen (secondary N) is 1. The second-order valence-electron chi connectivity index (χ2n) is 11.1. The van der Waals surface area contributed by atoms with Crippen LogP contribution >= 0.6 is 23.1 Å². The lowest BCUT2D eigenvalue weighted by molar-refractivity contribution is -0.123. The van der Waals surface area contributed by atoms with Crippen molar-refractivity contribution in [2.45, 2.75) is 51.8 Å². The van der Waals surface area contributed by atoms with Gasteiger partial charge in [-0.1, -0.05) is 45.0 Å². The van der Waals surface area contributed by atoms with Crippen LogP contribution in [0.25, 0.3) is 5.69 Å². The van der Waals surface area contributed by atoms with Crippen LogP contribution in [0.2, 0.25) is 0 Å². The van der Waals surface area contributed by atoms with E-state index in [1.54, 1.807) is 40.1 Å². The number of fused-ring (bicyclic) bond motifs is 1. The van der Waals surface area contributed by atoms with E-state index in [4.69, 9.17) is 5.10 Å². The Morgan fingerprint density at radius 3 is 2.55 bits per heavy atom. The number of thiophene rings is 1. The van der Waals surface area contributed by atoms with Crippen LogP contribution < -0.4 is 10.2 Å². The Bertz CT molecular complexity index is 1540. The largest absolute Gasteiger partial charge is 0.350 e. The number of rotatable bonds is 6. The highest BCUT2D eigenvalue weighted by Gasteiger charge is 2.40. The Morgan fingerprint density at radius 2 is 1.88 bits per heavy atom. The number of carbonyl (C=O) groups is 2. The topological polar surface area (TPSA) is 67.2 Å². The van der Waals surface area contributed by atoms with E-state index in [1.807, 2.05) is 16.8 Å². The van der Waals surface area contributed by atoms with Crippen molar-refractivity contribution >= 4 is 40.7 Å². The number of thioether (sulfide) groups is 1. The van der Waals surface area contributed by atoms with E-state index in [1.165, 1.54) is 12.1 Å². The number of amides is 2. The SMILES string of the molecule is Cc1cccc(-n2nc(C(C)(C)C)c3c2N(CC(=O)NCc2ccc(F)cc2)C(=O)CSC3c2ccsc2)c1C. The van der Waals surface area contributed by atoms with Gasteiger partial charge >= 0.3 is 0 Å². The van der Waals surface area contributed by atoms with E-state index in [2.05, 4.69) is 62.8 Å². The van der Waals surface area contributed by atoms with Gasteiger partial charge in [-0.15, -0.1) is 11.8 Å². The fraction of sp³-hybridized carbons (Fsp3) is 0.323. The molecule has 1 unspecified atom stereocenters. The molecule has 4 aromatic rings. The minimum Gasteiger partial charge on any atom is -0.350 e. The fourth-order valence-electron chi connectivity index (χ4n) is 4.90. The molecule has 1 aliphatic rings. The van der Waals surface area contributed by atoms with Crippen molar-refractivity contribution in [1.29, 1.82) is 0 Å². The summed E-state index contributed by atoms with van der Waals surface area (Å²) in [6.45, 7) is 10.6. The first kappa shape index (κ1) is 28.1. The molecule has 0 saturated carbocycles. The molecule has 6 nitrogen and oxygen atoms in total. The molecule has 0 fully saturated rings. The molecule has 0 spiro atoms. The van der Waals surface area contributed by atoms with Crippen LogP contribution in [0.15, 0.2) is 59.3 Å². The molecule has 0 bridgehead atoms. The lowest BCUT2D eigenvalue weighted by atomic mass is 9.87. The van der Waals surface area contributed by atoms with E-state index in [0.29, 0.717) is 5.82 Å². The Balaban J connectivity index is 1.64. The van der Waals surface area contributed by atoms with Crippen molar-refractivity contribution in [1.82, 2.24) is 15.1 Å². The van der Waals surface area contributed by atoms with Gasteiger partial charge in [0.25, 0.3) is 0 Å². The lowest BCUT2D eigenvalue weighted by Gasteiger charge is -2.24. The Kier molecular flexibility index (Phi) is 7.88. The van der Waals surface area contributed by atoms with Gasteiger partial charge in [-0.05, 0) is 71.1 Å². The average Bonchev–Trinajstić information content (AvgIpc) is 3.55. The molecule has 0 aliphatic carbocycles. The molecule has 5 rings (SSSR count). The molecule has 0 radical (unpaired) electrons. The molecule has 2 aromatic heterocycles. The third-order valence-electron chi connectivity index (χ3n) is 7.15. The zero-order chi connectivity index (χ0) is 28.6. The van der Waals surface area contributed by atoms with E-state index in [9.17, 15) is 14.0 Å². The van der Waals surface area contributed by atoms with Gasteiger partial charge in [-0.25, -0.2) is 9.07 Å². The van der Waals surface area contributed by atoms with Crippen molar-refractivity contribution in [3.63, 3.8) is 0 Å². The first-order valence-corrected chi connectivity index (χ1v) is 15.2. The summed E-state index contributed by atoms with van der Waals surface area (Å²) in [5.74, 6) is 0.101. The zero-order valence-corrected chi connectivity index (χ0v) is 25.0. The summed E-state index contributed by atoms with van der Waals surface area (Å²) < 4.78 is 15.2. The Hall–Kier alpha value is -3.43. The number of hydrogen-bond donors (Lipinski definition) is 1. The Labute approximate surface area is 242 Å². The van der Waals surface area contributed by atoms with E-state index >= 15 is 0 Å². The van der Waals surface area contributed by atoms with Crippen LogP contribution in [0, 0.1) is 19.7 Å². The highest BCUT2D eigenvalue weighted by molar-refractivity contribution is 8.00. The average molecular weight is 577 g/mol. The van der Waals surface area contributed by atoms with Gasteiger partial charge in [0.1, 0.15) is 18.2 Å². The summed E-state index contributed by atoms with van der Waals surface area (Å²) in [4.78, 5) is 28.7. The number of halogens is 1. The van der Waals surface area contributed by atoms with Gasteiger partial charge in [0.15, 0.2) is 0 Å². The van der Waals surface area contributed by atoms with Crippen molar-refractivity contribution in [3.05, 3.63) is 98.6 Å². The Morgan fingerprint density at radius 1 is 1.12 bits per heavy atom. The number of hydrogen-bond acceptors (Lipinski definition) is 5. The number of aryl methyl sites for hydroxylation is 1. The maximum Gasteiger partial charge on any atom is 0.240 e. The lowest BCUT2D eigenvalue weighted by Crippen LogP contribution is -2.42. The van der Waals surface area contributed by atoms with Crippen molar-refractivity contribution in [2.75, 3.05) is 17.2 Å². The second-order valence-corrected chi connectivity index (χ2v) is 13.0. The van der Waals surface area contributed by atoms with Gasteiger partial charge in [0.2, 0.25) is 11.8 Å². The summed E-state index contributed by atoms with van der Waals surface area (Å²) in [6.07, 6.45) is 0. The minimum atomic E-state index is -0.329. The summed E-state index contributed by atoms with van der Waals surface area (Å²) in [5, 5.41) is 12.1. The van der Waals surface area contributed by atoms with Crippen molar-refractivity contribution < 1.29 is 14.0 Å². The second kappa shape index (κ2) is 11.2. The van der Waals surface area contributed by atoms with Crippen LogP contribution in [0.3, 0.4) is 0 Å². The molecule has 40 heavy (non-hydrogen) atoms. The molecule has 2 amide bonds. The van der Waals surface area contributed by atoms with Crippen LogP contribution in [-0.4, -0.2) is 33.9 Å². The van der Waals surface area contributed by atoms with Gasteiger partial charge in [-0.3, -0.25) is 14.5 Å². The first-order chi connectivity index (χ1) is 19.0. The molecule has 0 saturated heterocycles. The standard InChI is InChI=1S/C31H33FN4O2S2/c1-19-7-6-8-24(20(19)2)36-30-27(29(34-36)31(3,4)5)28(22-13-14-39-17-22)40-18-26(38)35(30)16-25(37)33-15-21-9-11-23(32)12-10-21/h6-14,17,28H,15-16,18H2,1-5H3,(H,33,37). The number of benzene rings is 2. The summed E-state index contributed by atoms with van der Waals surface area (Å²) in [6, 6.07) is 14.2. The quantitative estimate of drug-likeness (QED) is 0.286. The predicted molar refractivity (Wildman–Crippen MR) is 161 cm³/mol. The van der Waals surface area contributed by atoms with E-state index < -0.39 is 0 Å². The minimum absolute atomic E-state index is 0.106.